The average Bonchev–Trinajstić information content (AvgIpc) is 0.880. The number of quaternary nitrogens is 9. The summed E-state index contributed by atoms with van der Waals surface area (Å²) in [6.07, 6.45) is 18.3. The molecule has 0 rings (SSSR count). The van der Waals surface area contributed by atoms with E-state index in [9.17, 15) is 43.2 Å². The number of hydrogen-bond acceptors (Lipinski definition) is 18. The zero-order valence-corrected chi connectivity index (χ0v) is 107. The third-order valence-corrected chi connectivity index (χ3v) is 27.9. The summed E-state index contributed by atoms with van der Waals surface area (Å²) in [6.45, 7) is 124. The Morgan fingerprint density at radius 1 is 0.184 bits per heavy atom. The van der Waals surface area contributed by atoms with Crippen molar-refractivity contribution in [3.63, 3.8) is 0 Å². The molecule has 0 aliphatic heterocycles. The summed E-state index contributed by atoms with van der Waals surface area (Å²) in [5.74, 6) is -0.847. The molecular formula is C120H258N9O18+9. The topological polar surface area (TPSA) is 237 Å². The Morgan fingerprint density at radius 2 is 0.333 bits per heavy atom. The molecule has 0 aliphatic rings. The van der Waals surface area contributed by atoms with E-state index in [4.69, 9.17) is 42.6 Å². The van der Waals surface area contributed by atoms with E-state index in [-0.39, 0.29) is 88.2 Å². The molecule has 0 heterocycles. The third kappa shape index (κ3) is 85.9. The van der Waals surface area contributed by atoms with Crippen LogP contribution in [0.5, 0.6) is 0 Å². The van der Waals surface area contributed by atoms with Crippen LogP contribution in [-0.2, 0) is 85.8 Å². The van der Waals surface area contributed by atoms with Gasteiger partial charge in [0.1, 0.15) is 118 Å². The van der Waals surface area contributed by atoms with E-state index < -0.39 is 10.8 Å². The van der Waals surface area contributed by atoms with E-state index in [2.05, 4.69) is 195 Å². The van der Waals surface area contributed by atoms with Crippen LogP contribution in [0.2, 0.25) is 0 Å². The highest BCUT2D eigenvalue weighted by Gasteiger charge is 2.34. The summed E-state index contributed by atoms with van der Waals surface area (Å²) in [6, 6.07) is 0. The zero-order valence-electron chi connectivity index (χ0n) is 107. The molecule has 0 N–H and O–H groups in total. The van der Waals surface area contributed by atoms with Crippen molar-refractivity contribution in [1.82, 2.24) is 0 Å². The number of likely N-dealkylation sites (N-methyl/N-ethyl adjacent to an activating group) is 9. The quantitative estimate of drug-likeness (QED) is 0.0312. The zero-order chi connectivity index (χ0) is 116. The highest BCUT2D eigenvalue weighted by Crippen LogP contribution is 2.23. The van der Waals surface area contributed by atoms with E-state index >= 15 is 0 Å². The minimum absolute atomic E-state index is 0.0162. The van der Waals surface area contributed by atoms with Crippen LogP contribution in [0.1, 0.15) is 394 Å². The lowest BCUT2D eigenvalue weighted by Crippen LogP contribution is -2.51. The summed E-state index contributed by atoms with van der Waals surface area (Å²) in [5, 5.41) is 0. The molecule has 0 bridgehead atoms. The van der Waals surface area contributed by atoms with Gasteiger partial charge in [0.25, 0.3) is 0 Å². The van der Waals surface area contributed by atoms with Crippen molar-refractivity contribution in [2.45, 2.75) is 394 Å². The first-order valence-corrected chi connectivity index (χ1v) is 59.1. The molecule has 0 aliphatic carbocycles. The number of hydrogen-bond donors (Lipinski definition) is 0. The van der Waals surface area contributed by atoms with Gasteiger partial charge in [-0.2, -0.15) is 0 Å². The van der Waals surface area contributed by atoms with Crippen LogP contribution in [0.3, 0.4) is 0 Å². The normalized spacial score (nSPS) is 13.1. The van der Waals surface area contributed by atoms with Crippen LogP contribution in [0.4, 0.5) is 0 Å². The largest absolute Gasteiger partial charge is 0.460 e. The molecule has 0 saturated heterocycles. The van der Waals surface area contributed by atoms with Gasteiger partial charge in [-0.1, -0.05) is 157 Å². The summed E-state index contributed by atoms with van der Waals surface area (Å²) < 4.78 is 56.7. The van der Waals surface area contributed by atoms with Crippen molar-refractivity contribution in [3.8, 4) is 0 Å². The van der Waals surface area contributed by atoms with Gasteiger partial charge >= 0.3 is 53.7 Å². The predicted molar refractivity (Wildman–Crippen MR) is 618 cm³/mol. The maximum atomic E-state index is 11.8. The van der Waals surface area contributed by atoms with Gasteiger partial charge in [-0.15, -0.1) is 0 Å². The summed E-state index contributed by atoms with van der Waals surface area (Å²) >= 11 is 0. The molecule has 0 spiro atoms. The van der Waals surface area contributed by atoms with Crippen LogP contribution < -0.4 is 0 Å². The Kier molecular flexibility index (Phi) is 96.7. The first-order chi connectivity index (χ1) is 68.0. The first kappa shape index (κ1) is 159. The van der Waals surface area contributed by atoms with E-state index in [1.165, 1.54) is 149 Å². The van der Waals surface area contributed by atoms with E-state index in [1.54, 1.807) is 0 Å². The average molecular weight is 2120 g/mol. The maximum Gasteiger partial charge on any atom is 0.311 e. The molecule has 0 aromatic rings. The van der Waals surface area contributed by atoms with Gasteiger partial charge in [-0.25, -0.2) is 0 Å². The molecule has 3 atom stereocenters. The van der Waals surface area contributed by atoms with Crippen LogP contribution >= 0.6 is 0 Å². The molecule has 0 amide bonds. The lowest BCUT2D eigenvalue weighted by Gasteiger charge is -2.37. The van der Waals surface area contributed by atoms with Gasteiger partial charge in [0.05, 0.1) is 225 Å². The van der Waals surface area contributed by atoms with Gasteiger partial charge < -0.3 is 83.0 Å². The molecule has 27 nitrogen and oxygen atoms in total. The number of carbonyl (C=O) groups is 9. The van der Waals surface area contributed by atoms with E-state index in [0.717, 1.165) is 184 Å². The SMILES string of the molecule is CC(C)(C)C(=O)OCC[N+](C)(C)C.CC(C)C(=O)OCC[N+](C)(C)C.CCCCC(=O)OCC[N+](CC)(CCC)CCCC.CCCC[N+](CC)(CCC)CCOC(=O)C(C)(C)C.CCCC[N+](CC)(CCC)CCOC(=O)C(C)C.CCC[N+](CC)(CCC)CCOC(=O)C(C)(C)C.CCC[N+](CC)(CCC)CCOC(=O)C(C)C.CC[N+](CC)(CC)CCOC(=O)C(C)(C)C.CC[N+](CC)(CC)CCOC(=O)C(C)C. The number of unbranched alkanes of at least 4 members (excludes halogenated alkanes) is 4. The van der Waals surface area contributed by atoms with E-state index in [1.807, 2.05) is 138 Å². The first-order valence-electron chi connectivity index (χ1n) is 59.1. The Labute approximate surface area is 911 Å². The van der Waals surface area contributed by atoms with Crippen molar-refractivity contribution in [1.29, 1.82) is 0 Å². The maximum absolute atomic E-state index is 11.8. The second-order valence-corrected chi connectivity index (χ2v) is 48.4. The Morgan fingerprint density at radius 3 is 0.483 bits per heavy atom. The molecule has 0 saturated carbocycles. The van der Waals surface area contributed by atoms with Crippen LogP contribution in [0.25, 0.3) is 0 Å². The fourth-order valence-corrected chi connectivity index (χ4v) is 16.3. The van der Waals surface area contributed by atoms with Crippen LogP contribution in [0, 0.1) is 45.3 Å². The summed E-state index contributed by atoms with van der Waals surface area (Å²) in [4.78, 5) is 103. The molecule has 0 fully saturated rings. The number of ether oxygens (including phenoxy) is 9. The minimum atomic E-state index is -0.393. The van der Waals surface area contributed by atoms with Gasteiger partial charge in [-0.3, -0.25) is 43.2 Å². The van der Waals surface area contributed by atoms with E-state index in [0.29, 0.717) is 65.9 Å². The van der Waals surface area contributed by atoms with Gasteiger partial charge in [0.2, 0.25) is 0 Å². The fraction of sp³-hybridized carbons (Fsp3) is 0.925. The van der Waals surface area contributed by atoms with Crippen LogP contribution in [-0.4, -0.2) is 392 Å². The molecule has 147 heavy (non-hydrogen) atoms. The number of rotatable bonds is 68. The Bertz CT molecular complexity index is 3180. The number of esters is 9. The van der Waals surface area contributed by atoms with Crippen molar-refractivity contribution in [2.24, 2.45) is 45.3 Å². The second kappa shape index (κ2) is 89.1. The number of nitrogens with zero attached hydrogens (tertiary/aromatic N) is 9. The lowest BCUT2D eigenvalue weighted by molar-refractivity contribution is -0.927. The van der Waals surface area contributed by atoms with Gasteiger partial charge in [0, 0.05) is 6.42 Å². The molecule has 0 aromatic heterocycles. The molecule has 3 unspecified atom stereocenters. The number of carbonyl (C=O) groups excluding carboxylic acids is 9. The molecule has 882 valence electrons. The third-order valence-electron chi connectivity index (χ3n) is 27.9. The molecule has 0 radical (unpaired) electrons. The van der Waals surface area contributed by atoms with Gasteiger partial charge in [0.15, 0.2) is 0 Å². The lowest BCUT2D eigenvalue weighted by atomic mass is 9.97. The van der Waals surface area contributed by atoms with Crippen molar-refractivity contribution in [3.05, 3.63) is 0 Å². The monoisotopic (exact) mass is 2110 g/mol. The Hall–Kier alpha value is -5.13. The predicted octanol–water partition coefficient (Wildman–Crippen LogP) is 23.4. The minimum Gasteiger partial charge on any atom is -0.460 e. The Balaban J connectivity index is -0.000000209. The van der Waals surface area contributed by atoms with Crippen molar-refractivity contribution in [2.75, 3.05) is 298 Å². The van der Waals surface area contributed by atoms with Gasteiger partial charge in [-0.05, 0) is 230 Å². The fourth-order valence-electron chi connectivity index (χ4n) is 16.3. The highest BCUT2D eigenvalue weighted by molar-refractivity contribution is 5.77. The smallest absolute Gasteiger partial charge is 0.311 e. The second-order valence-electron chi connectivity index (χ2n) is 48.4. The highest BCUT2D eigenvalue weighted by atomic mass is 16.6. The van der Waals surface area contributed by atoms with Crippen molar-refractivity contribution < 1.29 is 126 Å². The molecule has 27 heteroatoms. The summed E-state index contributed by atoms with van der Waals surface area (Å²) in [7, 11) is 12.4. The summed E-state index contributed by atoms with van der Waals surface area (Å²) in [5.41, 5.74) is -1.56. The van der Waals surface area contributed by atoms with Crippen LogP contribution in [0.15, 0.2) is 0 Å². The van der Waals surface area contributed by atoms with Crippen molar-refractivity contribution >= 4 is 53.7 Å². The standard InChI is InChI=1S/2C16H34NO2.2C15H32NO2.C14H30NO2.C13H28NO2.C12H26NO2.C10H22NO2.C9H20NO2/c1-7-10-12-17(9-3,11-8-2)13-14-19-15(18)16(4,5)6;1-5-9-11-16(18)19-15-14-17(8-4,12-7-3)13-10-6-2;1-7-10-16(9-3,11-8-2)12-13-18-14(17)15(4,5)6;1-6-9-11-16(8-3,10-7-2)12-13-18-15(17)14(4)5;1-6-9-15(8-3,10-7-2)11-12-17-14(16)13(4)5;1-7-14(8-2,9-3)10-11-16-12(15)13(4,5)6;1-6-13(7-2,8-3)9-10-15-12(14)11(4)5;1-10(2,3)9(12)13-8-7-11(4,5)6;1-8(2)9(11)12-7-6-10(3,4)5/h7-14H2,1-6H3;5-15H2,1-4H3;7-13H2,1-6H3;14H,6-13H2,1-5H3;13H,6-12H2,1-5H3;7-11H2,1-6H3;11H,6-10H2,1-5H3;7-8H2,1-6H3;8H,6-7H2,1-5H3/q9*+1. The molecule has 0 aromatic carbocycles. The molecular weight excluding hydrogens is 1860 g/mol.